The van der Waals surface area contributed by atoms with Gasteiger partial charge in [0, 0.05) is 18.5 Å². The number of hydrogen-bond acceptors (Lipinski definition) is 4. The molecule has 0 spiro atoms. The summed E-state index contributed by atoms with van der Waals surface area (Å²) >= 11 is 4.72. The maximum atomic E-state index is 11.8. The quantitative estimate of drug-likeness (QED) is 0.619. The van der Waals surface area contributed by atoms with Crippen LogP contribution in [0, 0.1) is 13.8 Å². The first-order valence-electron chi connectivity index (χ1n) is 5.51. The Morgan fingerprint density at radius 1 is 1.47 bits per heavy atom. The van der Waals surface area contributed by atoms with Crippen LogP contribution in [0.15, 0.2) is 0 Å². The molecule has 0 atom stereocenters. The van der Waals surface area contributed by atoms with Gasteiger partial charge in [0.05, 0.1) is 17.3 Å². The van der Waals surface area contributed by atoms with Crippen molar-refractivity contribution in [1.29, 1.82) is 0 Å². The summed E-state index contributed by atoms with van der Waals surface area (Å²) in [5, 5.41) is 4.64. The van der Waals surface area contributed by atoms with Crippen molar-refractivity contribution in [2.24, 2.45) is 0 Å². The normalized spacial score (nSPS) is 10.5. The van der Waals surface area contributed by atoms with Gasteiger partial charge in [-0.2, -0.15) is 0 Å². The van der Waals surface area contributed by atoms with Crippen molar-refractivity contribution in [3.63, 3.8) is 0 Å². The summed E-state index contributed by atoms with van der Waals surface area (Å²) in [5.41, 5.74) is 0.806. The number of aromatic nitrogens is 1. The third-order valence-electron chi connectivity index (χ3n) is 2.08. The summed E-state index contributed by atoms with van der Waals surface area (Å²) in [6.07, 6.45) is 0.829. The maximum Gasteiger partial charge on any atom is 0.263 e. The lowest BCUT2D eigenvalue weighted by Crippen LogP contribution is -2.25. The summed E-state index contributed by atoms with van der Waals surface area (Å²) < 4.78 is 5.29. The molecule has 1 rings (SSSR count). The second kappa shape index (κ2) is 7.79. The van der Waals surface area contributed by atoms with Crippen LogP contribution < -0.4 is 5.32 Å². The first-order valence-corrected chi connectivity index (χ1v) is 7.45. The molecule has 0 unspecified atom stereocenters. The Bertz CT molecular complexity index is 368. The minimum absolute atomic E-state index is 0.0337. The van der Waals surface area contributed by atoms with Gasteiger partial charge in [0.1, 0.15) is 4.88 Å². The standard InChI is InChI=1S/C11H17BrN2O2S/c1-8-10(17-9(2)14-8)11(15)13-5-3-6-16-7-4-12/h3-7H2,1-2H3,(H,13,15). The number of nitrogens with zero attached hydrogens (tertiary/aromatic N) is 1. The van der Waals surface area contributed by atoms with Gasteiger partial charge in [-0.3, -0.25) is 4.79 Å². The van der Waals surface area contributed by atoms with Gasteiger partial charge in [-0.1, -0.05) is 15.9 Å². The highest BCUT2D eigenvalue weighted by Gasteiger charge is 2.12. The zero-order valence-electron chi connectivity index (χ0n) is 10.1. The predicted molar refractivity (Wildman–Crippen MR) is 73.2 cm³/mol. The van der Waals surface area contributed by atoms with E-state index in [4.69, 9.17) is 4.74 Å². The molecule has 0 aliphatic rings. The van der Waals surface area contributed by atoms with Crippen LogP contribution in [-0.2, 0) is 4.74 Å². The first-order chi connectivity index (χ1) is 8.15. The minimum Gasteiger partial charge on any atom is -0.381 e. The van der Waals surface area contributed by atoms with Gasteiger partial charge < -0.3 is 10.1 Å². The third kappa shape index (κ3) is 5.14. The third-order valence-corrected chi connectivity index (χ3v) is 3.48. The van der Waals surface area contributed by atoms with E-state index in [-0.39, 0.29) is 5.91 Å². The van der Waals surface area contributed by atoms with Crippen molar-refractivity contribution in [1.82, 2.24) is 10.3 Å². The van der Waals surface area contributed by atoms with Crippen LogP contribution in [0.4, 0.5) is 0 Å². The lowest BCUT2D eigenvalue weighted by atomic mass is 10.3. The molecule has 1 aromatic rings. The van der Waals surface area contributed by atoms with Gasteiger partial charge in [0.25, 0.3) is 5.91 Å². The van der Waals surface area contributed by atoms with Crippen LogP contribution in [0.1, 0.15) is 26.8 Å². The number of alkyl halides is 1. The van der Waals surface area contributed by atoms with E-state index in [1.54, 1.807) is 0 Å². The van der Waals surface area contributed by atoms with Crippen LogP contribution >= 0.6 is 27.3 Å². The number of nitrogens with one attached hydrogen (secondary N) is 1. The van der Waals surface area contributed by atoms with Crippen LogP contribution in [0.25, 0.3) is 0 Å². The van der Waals surface area contributed by atoms with Gasteiger partial charge in [0.2, 0.25) is 0 Å². The van der Waals surface area contributed by atoms with Gasteiger partial charge >= 0.3 is 0 Å². The molecular formula is C11H17BrN2O2S. The van der Waals surface area contributed by atoms with Gasteiger partial charge in [-0.25, -0.2) is 4.98 Å². The van der Waals surface area contributed by atoms with E-state index in [0.29, 0.717) is 24.6 Å². The highest BCUT2D eigenvalue weighted by Crippen LogP contribution is 2.16. The van der Waals surface area contributed by atoms with E-state index < -0.39 is 0 Å². The van der Waals surface area contributed by atoms with E-state index in [1.807, 2.05) is 13.8 Å². The predicted octanol–water partition coefficient (Wildman–Crippen LogP) is 2.29. The molecule has 1 heterocycles. The molecular weight excluding hydrogens is 304 g/mol. The van der Waals surface area contributed by atoms with Crippen LogP contribution in [0.3, 0.4) is 0 Å². The highest BCUT2D eigenvalue weighted by molar-refractivity contribution is 9.09. The maximum absolute atomic E-state index is 11.8. The Balaban J connectivity index is 2.23. The number of ether oxygens (including phenoxy) is 1. The van der Waals surface area contributed by atoms with Crippen molar-refractivity contribution in [2.45, 2.75) is 20.3 Å². The number of hydrogen-bond donors (Lipinski definition) is 1. The molecule has 6 heteroatoms. The first kappa shape index (κ1) is 14.6. The van der Waals surface area contributed by atoms with Crippen molar-refractivity contribution in [3.8, 4) is 0 Å². The Labute approximate surface area is 114 Å². The molecule has 0 aliphatic carbocycles. The van der Waals surface area contributed by atoms with E-state index in [9.17, 15) is 4.79 Å². The monoisotopic (exact) mass is 320 g/mol. The Morgan fingerprint density at radius 3 is 2.82 bits per heavy atom. The van der Waals surface area contributed by atoms with Gasteiger partial charge in [-0.15, -0.1) is 11.3 Å². The van der Waals surface area contributed by atoms with Crippen molar-refractivity contribution in [2.75, 3.05) is 25.1 Å². The summed E-state index contributed by atoms with van der Waals surface area (Å²) in [7, 11) is 0. The van der Waals surface area contributed by atoms with Crippen LogP contribution in [0.5, 0.6) is 0 Å². The fourth-order valence-corrected chi connectivity index (χ4v) is 2.42. The molecule has 0 radical (unpaired) electrons. The molecule has 1 amide bonds. The molecule has 0 aliphatic heterocycles. The minimum atomic E-state index is -0.0337. The van der Waals surface area contributed by atoms with Gasteiger partial charge in [-0.05, 0) is 20.3 Å². The number of carbonyl (C=O) groups is 1. The van der Waals surface area contributed by atoms with Gasteiger partial charge in [0.15, 0.2) is 0 Å². The lowest BCUT2D eigenvalue weighted by molar-refractivity contribution is 0.0948. The number of amides is 1. The van der Waals surface area contributed by atoms with Crippen molar-refractivity contribution < 1.29 is 9.53 Å². The van der Waals surface area contributed by atoms with Crippen molar-refractivity contribution in [3.05, 3.63) is 15.6 Å². The Morgan fingerprint density at radius 2 is 2.24 bits per heavy atom. The second-order valence-electron chi connectivity index (χ2n) is 3.56. The zero-order chi connectivity index (χ0) is 12.7. The highest BCUT2D eigenvalue weighted by atomic mass is 79.9. The molecule has 0 saturated heterocycles. The van der Waals surface area contributed by atoms with E-state index in [0.717, 1.165) is 22.5 Å². The zero-order valence-corrected chi connectivity index (χ0v) is 12.5. The number of carbonyl (C=O) groups excluding carboxylic acids is 1. The smallest absolute Gasteiger partial charge is 0.263 e. The van der Waals surface area contributed by atoms with Crippen LogP contribution in [-0.4, -0.2) is 36.0 Å². The average Bonchev–Trinajstić information content (AvgIpc) is 2.62. The average molecular weight is 321 g/mol. The number of rotatable bonds is 7. The summed E-state index contributed by atoms with van der Waals surface area (Å²) in [6.45, 7) is 5.78. The SMILES string of the molecule is Cc1nc(C)c(C(=O)NCCCOCCBr)s1. The molecule has 4 nitrogen and oxygen atoms in total. The van der Waals surface area contributed by atoms with E-state index in [1.165, 1.54) is 11.3 Å². The topological polar surface area (TPSA) is 51.2 Å². The Hall–Kier alpha value is -0.460. The number of halogens is 1. The molecule has 1 aromatic heterocycles. The second-order valence-corrected chi connectivity index (χ2v) is 5.55. The number of aryl methyl sites for hydroxylation is 2. The fraction of sp³-hybridized carbons (Fsp3) is 0.636. The van der Waals surface area contributed by atoms with E-state index >= 15 is 0 Å². The van der Waals surface area contributed by atoms with Crippen molar-refractivity contribution >= 4 is 33.2 Å². The lowest BCUT2D eigenvalue weighted by Gasteiger charge is -2.04. The fourth-order valence-electron chi connectivity index (χ4n) is 1.36. The molecule has 17 heavy (non-hydrogen) atoms. The van der Waals surface area contributed by atoms with E-state index in [2.05, 4.69) is 26.2 Å². The summed E-state index contributed by atoms with van der Waals surface area (Å²) in [6, 6.07) is 0. The molecule has 0 aromatic carbocycles. The molecule has 1 N–H and O–H groups in total. The molecule has 0 fully saturated rings. The Kier molecular flexibility index (Phi) is 6.69. The van der Waals surface area contributed by atoms with Crippen LogP contribution in [0.2, 0.25) is 0 Å². The number of thiazole rings is 1. The molecule has 0 saturated carbocycles. The summed E-state index contributed by atoms with van der Waals surface area (Å²) in [4.78, 5) is 16.7. The molecule has 0 bridgehead atoms. The molecule has 96 valence electrons. The largest absolute Gasteiger partial charge is 0.381 e. The summed E-state index contributed by atoms with van der Waals surface area (Å²) in [5.74, 6) is -0.0337.